The average molecular weight is 180 g/mol. The van der Waals surface area contributed by atoms with Crippen molar-refractivity contribution in [3.8, 4) is 0 Å². The monoisotopic (exact) mass is 180 g/mol. The summed E-state index contributed by atoms with van der Waals surface area (Å²) in [4.78, 5) is 0. The van der Waals surface area contributed by atoms with Gasteiger partial charge in [0.15, 0.2) is 0 Å². The van der Waals surface area contributed by atoms with Crippen LogP contribution in [0.4, 0.5) is 0 Å². The Kier molecular flexibility index (Phi) is 7.08. The smallest absolute Gasteiger partial charge is 0.119 e. The Morgan fingerprint density at radius 3 is 2.54 bits per heavy atom. The van der Waals surface area contributed by atoms with E-state index in [-0.39, 0.29) is 0 Å². The summed E-state index contributed by atoms with van der Waals surface area (Å²) in [6.07, 6.45) is 7.93. The van der Waals surface area contributed by atoms with E-state index in [1.807, 2.05) is 12.2 Å². The van der Waals surface area contributed by atoms with Crippen molar-refractivity contribution < 1.29 is 4.74 Å². The van der Waals surface area contributed by atoms with Gasteiger partial charge in [0.25, 0.3) is 0 Å². The second-order valence-corrected chi connectivity index (χ2v) is 3.23. The average Bonchev–Trinajstić information content (AvgIpc) is 2.04. The zero-order valence-corrected chi connectivity index (χ0v) is 8.97. The van der Waals surface area contributed by atoms with Gasteiger partial charge in [-0.15, -0.1) is 0 Å². The molecule has 0 heterocycles. The topological polar surface area (TPSA) is 9.23 Å². The van der Waals surface area contributed by atoms with Gasteiger partial charge in [0, 0.05) is 0 Å². The number of allylic oxidation sites excluding steroid dienone is 4. The second-order valence-electron chi connectivity index (χ2n) is 3.23. The van der Waals surface area contributed by atoms with Crippen molar-refractivity contribution in [1.82, 2.24) is 0 Å². The van der Waals surface area contributed by atoms with Crippen molar-refractivity contribution in [2.75, 3.05) is 6.61 Å². The molecule has 0 aromatic rings. The normalized spacial score (nSPS) is 10.8. The third kappa shape index (κ3) is 7.38. The molecule has 0 saturated carbocycles. The quantitative estimate of drug-likeness (QED) is 0.343. The van der Waals surface area contributed by atoms with Crippen molar-refractivity contribution in [3.63, 3.8) is 0 Å². The van der Waals surface area contributed by atoms with Gasteiger partial charge in [0.05, 0.1) is 6.61 Å². The summed E-state index contributed by atoms with van der Waals surface area (Å²) in [5, 5.41) is 0. The molecule has 1 heteroatoms. The summed E-state index contributed by atoms with van der Waals surface area (Å²) in [6.45, 7) is 10.7. The summed E-state index contributed by atoms with van der Waals surface area (Å²) >= 11 is 0. The maximum Gasteiger partial charge on any atom is 0.119 e. The van der Waals surface area contributed by atoms with Gasteiger partial charge in [0.2, 0.25) is 0 Å². The molecular formula is C12H20O. The van der Waals surface area contributed by atoms with Crippen molar-refractivity contribution in [1.29, 1.82) is 0 Å². The van der Waals surface area contributed by atoms with Crippen LogP contribution in [0.1, 0.15) is 33.6 Å². The van der Waals surface area contributed by atoms with Crippen LogP contribution in [0.15, 0.2) is 36.1 Å². The van der Waals surface area contributed by atoms with Crippen molar-refractivity contribution >= 4 is 0 Å². The Hall–Kier alpha value is -0.980. The maximum absolute atomic E-state index is 5.55. The Bertz CT molecular complexity index is 195. The molecule has 0 atom stereocenters. The molecule has 0 bridgehead atoms. The molecule has 0 radical (unpaired) electrons. The number of hydrogen-bond acceptors (Lipinski definition) is 1. The van der Waals surface area contributed by atoms with Gasteiger partial charge in [-0.05, 0) is 32.4 Å². The molecule has 0 unspecified atom stereocenters. The van der Waals surface area contributed by atoms with E-state index in [0.717, 1.165) is 25.2 Å². The van der Waals surface area contributed by atoms with E-state index >= 15 is 0 Å². The summed E-state index contributed by atoms with van der Waals surface area (Å²) in [5.41, 5.74) is 1.24. The Morgan fingerprint density at radius 1 is 1.38 bits per heavy atom. The van der Waals surface area contributed by atoms with Crippen LogP contribution in [0.5, 0.6) is 0 Å². The highest BCUT2D eigenvalue weighted by atomic mass is 16.5. The van der Waals surface area contributed by atoms with E-state index in [2.05, 4.69) is 27.4 Å². The molecular weight excluding hydrogens is 160 g/mol. The van der Waals surface area contributed by atoms with Crippen LogP contribution in [0.25, 0.3) is 0 Å². The van der Waals surface area contributed by atoms with Crippen LogP contribution >= 0.6 is 0 Å². The van der Waals surface area contributed by atoms with Crippen LogP contribution in [0, 0.1) is 0 Å². The minimum absolute atomic E-state index is 0.792. The fraction of sp³-hybridized carbons (Fsp3) is 0.500. The summed E-state index contributed by atoms with van der Waals surface area (Å²) < 4.78 is 5.55. The molecule has 0 aliphatic heterocycles. The predicted octanol–water partition coefficient (Wildman–Crippen LogP) is 3.84. The summed E-state index contributed by atoms with van der Waals surface area (Å²) in [5.74, 6) is 0.906. The lowest BCUT2D eigenvalue weighted by molar-refractivity contribution is 0.219. The molecule has 0 rings (SSSR count). The predicted molar refractivity (Wildman–Crippen MR) is 58.6 cm³/mol. The SMILES string of the molecule is C=C/C=C(\C=C(C)C)OCCCC. The molecule has 74 valence electrons. The molecule has 13 heavy (non-hydrogen) atoms. The molecule has 0 aliphatic carbocycles. The minimum atomic E-state index is 0.792. The lowest BCUT2D eigenvalue weighted by atomic mass is 10.3. The van der Waals surface area contributed by atoms with Crippen molar-refractivity contribution in [3.05, 3.63) is 36.1 Å². The Labute approximate surface area is 81.8 Å². The van der Waals surface area contributed by atoms with E-state index in [1.165, 1.54) is 5.57 Å². The molecule has 0 aliphatic rings. The molecule has 0 amide bonds. The first-order valence-corrected chi connectivity index (χ1v) is 4.81. The lowest BCUT2D eigenvalue weighted by Gasteiger charge is -2.05. The first-order chi connectivity index (χ1) is 6.20. The summed E-state index contributed by atoms with van der Waals surface area (Å²) in [7, 11) is 0. The van der Waals surface area contributed by atoms with Gasteiger partial charge >= 0.3 is 0 Å². The van der Waals surface area contributed by atoms with E-state index in [9.17, 15) is 0 Å². The highest BCUT2D eigenvalue weighted by Gasteiger charge is 1.92. The van der Waals surface area contributed by atoms with Gasteiger partial charge in [-0.2, -0.15) is 0 Å². The molecule has 1 nitrogen and oxygen atoms in total. The lowest BCUT2D eigenvalue weighted by Crippen LogP contribution is -1.92. The molecule has 0 saturated heterocycles. The van der Waals surface area contributed by atoms with Crippen molar-refractivity contribution in [2.45, 2.75) is 33.6 Å². The minimum Gasteiger partial charge on any atom is -0.494 e. The molecule has 0 aromatic carbocycles. The number of unbranched alkanes of at least 4 members (excludes halogenated alkanes) is 1. The number of ether oxygens (including phenoxy) is 1. The van der Waals surface area contributed by atoms with Crippen LogP contribution in [0.2, 0.25) is 0 Å². The molecule has 0 spiro atoms. The summed E-state index contributed by atoms with van der Waals surface area (Å²) in [6, 6.07) is 0. The highest BCUT2D eigenvalue weighted by molar-refractivity contribution is 5.20. The van der Waals surface area contributed by atoms with Crippen LogP contribution in [-0.4, -0.2) is 6.61 Å². The third-order valence-corrected chi connectivity index (χ3v) is 1.48. The second kappa shape index (κ2) is 7.66. The number of rotatable bonds is 6. The first-order valence-electron chi connectivity index (χ1n) is 4.81. The van der Waals surface area contributed by atoms with E-state index in [0.29, 0.717) is 0 Å². The zero-order valence-electron chi connectivity index (χ0n) is 8.97. The fourth-order valence-corrected chi connectivity index (χ4v) is 0.873. The van der Waals surface area contributed by atoms with E-state index in [1.54, 1.807) is 6.08 Å². The molecule has 0 aromatic heterocycles. The van der Waals surface area contributed by atoms with Gasteiger partial charge < -0.3 is 4.74 Å². The standard InChI is InChI=1S/C12H20O/c1-5-7-9-13-12(8-6-2)10-11(3)4/h6,8,10H,2,5,7,9H2,1,3-4H3/b12-8+. The largest absolute Gasteiger partial charge is 0.494 e. The highest BCUT2D eigenvalue weighted by Crippen LogP contribution is 2.05. The third-order valence-electron chi connectivity index (χ3n) is 1.48. The van der Waals surface area contributed by atoms with Gasteiger partial charge in [-0.25, -0.2) is 0 Å². The Morgan fingerprint density at radius 2 is 2.08 bits per heavy atom. The van der Waals surface area contributed by atoms with E-state index < -0.39 is 0 Å². The first kappa shape index (κ1) is 12.0. The Balaban J connectivity index is 4.04. The van der Waals surface area contributed by atoms with Crippen LogP contribution in [0.3, 0.4) is 0 Å². The van der Waals surface area contributed by atoms with Crippen LogP contribution in [-0.2, 0) is 4.74 Å². The zero-order chi connectivity index (χ0) is 10.1. The van der Waals surface area contributed by atoms with Crippen molar-refractivity contribution in [2.24, 2.45) is 0 Å². The number of hydrogen-bond donors (Lipinski definition) is 0. The van der Waals surface area contributed by atoms with Gasteiger partial charge in [0.1, 0.15) is 5.76 Å². The van der Waals surface area contributed by atoms with Crippen LogP contribution < -0.4 is 0 Å². The van der Waals surface area contributed by atoms with Gasteiger partial charge in [-0.1, -0.05) is 31.6 Å². The van der Waals surface area contributed by atoms with Gasteiger partial charge in [-0.3, -0.25) is 0 Å². The molecule has 0 fully saturated rings. The van der Waals surface area contributed by atoms with E-state index in [4.69, 9.17) is 4.74 Å². The molecule has 0 N–H and O–H groups in total. The fourth-order valence-electron chi connectivity index (χ4n) is 0.873. The maximum atomic E-state index is 5.55.